The van der Waals surface area contributed by atoms with Crippen LogP contribution >= 0.6 is 0 Å². The van der Waals surface area contributed by atoms with Gasteiger partial charge in [0.2, 0.25) is 11.8 Å². The molecule has 1 saturated heterocycles. The highest BCUT2D eigenvalue weighted by atomic mass is 16.2. The van der Waals surface area contributed by atoms with Crippen LogP contribution in [0.15, 0.2) is 42.7 Å². The zero-order valence-corrected chi connectivity index (χ0v) is 16.0. The summed E-state index contributed by atoms with van der Waals surface area (Å²) >= 11 is 0. The summed E-state index contributed by atoms with van der Waals surface area (Å²) in [6.45, 7) is 1.99. The molecule has 4 rings (SSSR count). The predicted octanol–water partition coefficient (Wildman–Crippen LogP) is 2.02. The minimum Gasteiger partial charge on any atom is -0.350 e. The Labute approximate surface area is 164 Å². The molecule has 2 aromatic rings. The molecule has 2 amide bonds. The molecule has 0 bridgehead atoms. The van der Waals surface area contributed by atoms with Gasteiger partial charge in [0.1, 0.15) is 5.54 Å². The number of rotatable bonds is 6. The van der Waals surface area contributed by atoms with E-state index in [-0.39, 0.29) is 17.7 Å². The van der Waals surface area contributed by atoms with Crippen LogP contribution in [-0.2, 0) is 21.7 Å². The van der Waals surface area contributed by atoms with Gasteiger partial charge in [0.05, 0.1) is 0 Å². The third-order valence-electron chi connectivity index (χ3n) is 5.92. The van der Waals surface area contributed by atoms with Crippen molar-refractivity contribution in [3.05, 3.63) is 48.3 Å². The maximum atomic E-state index is 13.1. The first-order valence-corrected chi connectivity index (χ1v) is 10.1. The Bertz CT molecular complexity index is 823. The predicted molar refractivity (Wildman–Crippen MR) is 107 cm³/mol. The average Bonchev–Trinajstić information content (AvgIpc) is 3.21. The van der Waals surface area contributed by atoms with E-state index in [4.69, 9.17) is 0 Å². The summed E-state index contributed by atoms with van der Waals surface area (Å²) in [6.07, 6.45) is 8.08. The lowest BCUT2D eigenvalue weighted by Crippen LogP contribution is -2.54. The molecule has 2 fully saturated rings. The third-order valence-corrected chi connectivity index (χ3v) is 5.92. The topological polar surface area (TPSA) is 88.1 Å². The van der Waals surface area contributed by atoms with Gasteiger partial charge in [0.15, 0.2) is 0 Å². The average molecular weight is 381 g/mol. The number of benzene rings is 1. The Morgan fingerprint density at radius 1 is 1.21 bits per heavy atom. The van der Waals surface area contributed by atoms with E-state index >= 15 is 0 Å². The van der Waals surface area contributed by atoms with Crippen molar-refractivity contribution in [3.8, 4) is 0 Å². The van der Waals surface area contributed by atoms with Gasteiger partial charge in [0.25, 0.3) is 0 Å². The molecule has 2 aliphatic rings. The molecule has 2 heterocycles. The van der Waals surface area contributed by atoms with Gasteiger partial charge in [-0.05, 0) is 62.5 Å². The summed E-state index contributed by atoms with van der Waals surface area (Å²) in [7, 11) is 0. The Morgan fingerprint density at radius 3 is 2.71 bits per heavy atom. The Balaban J connectivity index is 1.41. The summed E-state index contributed by atoms with van der Waals surface area (Å²) in [6, 6.07) is 9.54. The van der Waals surface area contributed by atoms with E-state index in [0.29, 0.717) is 19.4 Å². The summed E-state index contributed by atoms with van der Waals surface area (Å²) in [5, 5.41) is 13.7. The van der Waals surface area contributed by atoms with Crippen molar-refractivity contribution >= 4 is 17.5 Å². The highest BCUT2D eigenvalue weighted by molar-refractivity contribution is 5.93. The van der Waals surface area contributed by atoms with E-state index in [1.165, 1.54) is 0 Å². The van der Waals surface area contributed by atoms with Crippen LogP contribution in [0.3, 0.4) is 0 Å². The second-order valence-electron chi connectivity index (χ2n) is 7.73. The normalized spacial score (nSPS) is 18.9. The first-order valence-electron chi connectivity index (χ1n) is 10.1. The van der Waals surface area contributed by atoms with Crippen LogP contribution in [0.5, 0.6) is 0 Å². The van der Waals surface area contributed by atoms with Gasteiger partial charge >= 0.3 is 0 Å². The molecule has 0 atom stereocenters. The molecular weight excluding hydrogens is 354 g/mol. The Kier molecular flexibility index (Phi) is 5.43. The lowest BCUT2D eigenvalue weighted by atomic mass is 9.85. The zero-order valence-electron chi connectivity index (χ0n) is 16.0. The maximum Gasteiger partial charge on any atom is 0.248 e. The molecule has 0 unspecified atom stereocenters. The number of nitrogens with one attached hydrogen (secondary N) is 3. The number of piperidine rings is 1. The van der Waals surface area contributed by atoms with Crippen LogP contribution in [0.25, 0.3) is 0 Å². The van der Waals surface area contributed by atoms with E-state index in [9.17, 15) is 9.59 Å². The summed E-state index contributed by atoms with van der Waals surface area (Å²) in [5.74, 6) is 0.235. The third kappa shape index (κ3) is 3.80. The van der Waals surface area contributed by atoms with Crippen LogP contribution in [0.4, 0.5) is 5.69 Å². The van der Waals surface area contributed by atoms with Crippen molar-refractivity contribution in [2.24, 2.45) is 5.92 Å². The molecule has 7 nitrogen and oxygen atoms in total. The fraction of sp³-hybridized carbons (Fsp3) is 0.476. The highest BCUT2D eigenvalue weighted by Crippen LogP contribution is 2.28. The first-order chi connectivity index (χ1) is 13.7. The van der Waals surface area contributed by atoms with Crippen molar-refractivity contribution in [1.82, 2.24) is 20.4 Å². The second kappa shape index (κ2) is 8.14. The number of amides is 2. The summed E-state index contributed by atoms with van der Waals surface area (Å²) < 4.78 is 1.79. The minimum atomic E-state index is -0.648. The standard InChI is InChI=1S/C21H27N5O2/c27-19(17-5-2-6-17)25-18-7-1-4-16(14-18)15-23-20(28)21(8-11-22-12-9-21)26-13-3-10-24-26/h1,3-4,7,10,13-14,17,22H,2,5-6,8-9,11-12,15H2,(H,23,28)(H,25,27). The van der Waals surface area contributed by atoms with Gasteiger partial charge in [-0.15, -0.1) is 0 Å². The van der Waals surface area contributed by atoms with E-state index < -0.39 is 5.54 Å². The molecule has 1 aliphatic heterocycles. The molecule has 7 heteroatoms. The van der Waals surface area contributed by atoms with Crippen LogP contribution in [0.2, 0.25) is 0 Å². The van der Waals surface area contributed by atoms with Crippen LogP contribution in [-0.4, -0.2) is 34.7 Å². The van der Waals surface area contributed by atoms with E-state index in [1.54, 1.807) is 10.9 Å². The lowest BCUT2D eigenvalue weighted by molar-refractivity contribution is -0.132. The monoisotopic (exact) mass is 381 g/mol. The van der Waals surface area contributed by atoms with E-state index in [2.05, 4.69) is 21.0 Å². The molecule has 1 saturated carbocycles. The first kappa shape index (κ1) is 18.7. The van der Waals surface area contributed by atoms with Crippen LogP contribution in [0, 0.1) is 5.92 Å². The van der Waals surface area contributed by atoms with Crippen molar-refractivity contribution in [2.45, 2.75) is 44.2 Å². The highest BCUT2D eigenvalue weighted by Gasteiger charge is 2.41. The second-order valence-corrected chi connectivity index (χ2v) is 7.73. The number of carbonyl (C=O) groups excluding carboxylic acids is 2. The summed E-state index contributed by atoms with van der Waals surface area (Å²) in [4.78, 5) is 25.3. The van der Waals surface area contributed by atoms with Crippen molar-refractivity contribution in [1.29, 1.82) is 0 Å². The molecule has 28 heavy (non-hydrogen) atoms. The SMILES string of the molecule is O=C(Nc1cccc(CNC(=O)C2(n3cccn3)CCNCC2)c1)C1CCC1. The van der Waals surface area contributed by atoms with Gasteiger partial charge in [-0.3, -0.25) is 14.3 Å². The van der Waals surface area contributed by atoms with Crippen molar-refractivity contribution in [3.63, 3.8) is 0 Å². The molecular formula is C21H27N5O2. The minimum absolute atomic E-state index is 0.0124. The number of hydrogen-bond donors (Lipinski definition) is 3. The van der Waals surface area contributed by atoms with Gasteiger partial charge in [-0.1, -0.05) is 18.6 Å². The van der Waals surface area contributed by atoms with Gasteiger partial charge in [-0.2, -0.15) is 5.10 Å². The molecule has 0 radical (unpaired) electrons. The van der Waals surface area contributed by atoms with E-state index in [1.807, 2.05) is 36.5 Å². The molecule has 148 valence electrons. The van der Waals surface area contributed by atoms with Gasteiger partial charge in [0, 0.05) is 30.5 Å². The molecule has 0 spiro atoms. The fourth-order valence-electron chi connectivity index (χ4n) is 3.94. The van der Waals surface area contributed by atoms with E-state index in [0.717, 1.165) is 43.6 Å². The van der Waals surface area contributed by atoms with Gasteiger partial charge in [-0.25, -0.2) is 0 Å². The lowest BCUT2D eigenvalue weighted by Gasteiger charge is -2.36. The Morgan fingerprint density at radius 2 is 2.04 bits per heavy atom. The Hall–Kier alpha value is -2.67. The molecule has 3 N–H and O–H groups in total. The smallest absolute Gasteiger partial charge is 0.248 e. The van der Waals surface area contributed by atoms with Gasteiger partial charge < -0.3 is 16.0 Å². The summed E-state index contributed by atoms with van der Waals surface area (Å²) in [5.41, 5.74) is 1.10. The largest absolute Gasteiger partial charge is 0.350 e. The molecule has 1 aromatic carbocycles. The zero-order chi connectivity index (χ0) is 19.4. The maximum absolute atomic E-state index is 13.1. The van der Waals surface area contributed by atoms with Crippen molar-refractivity contribution < 1.29 is 9.59 Å². The number of hydrogen-bond acceptors (Lipinski definition) is 4. The van der Waals surface area contributed by atoms with Crippen molar-refractivity contribution in [2.75, 3.05) is 18.4 Å². The quantitative estimate of drug-likeness (QED) is 0.714. The van der Waals surface area contributed by atoms with Crippen LogP contribution in [0.1, 0.15) is 37.7 Å². The molecule has 1 aliphatic carbocycles. The number of aromatic nitrogens is 2. The van der Waals surface area contributed by atoms with Crippen LogP contribution < -0.4 is 16.0 Å². The number of nitrogens with zero attached hydrogens (tertiary/aromatic N) is 2. The fourth-order valence-corrected chi connectivity index (χ4v) is 3.94. The number of carbonyl (C=O) groups is 2. The molecule has 1 aromatic heterocycles. The number of anilines is 1.